The van der Waals surface area contributed by atoms with Crippen LogP contribution in [0.1, 0.15) is 11.1 Å². The molecule has 1 fully saturated rings. The van der Waals surface area contributed by atoms with E-state index in [0.29, 0.717) is 16.1 Å². The number of aromatic nitrogens is 2. The predicted molar refractivity (Wildman–Crippen MR) is 111 cm³/mol. The molecule has 3 aromatic rings. The summed E-state index contributed by atoms with van der Waals surface area (Å²) in [5.74, 6) is -0.389. The minimum Gasteiger partial charge on any atom is -0.391 e. The first kappa shape index (κ1) is 19.2. The van der Waals surface area contributed by atoms with Crippen molar-refractivity contribution in [3.05, 3.63) is 63.9 Å². The molecule has 1 saturated heterocycles. The van der Waals surface area contributed by atoms with E-state index in [0.717, 1.165) is 28.6 Å². The Balaban J connectivity index is 1.96. The monoisotopic (exact) mass is 416 g/mol. The van der Waals surface area contributed by atoms with Crippen LogP contribution in [0.2, 0.25) is 0 Å². The van der Waals surface area contributed by atoms with E-state index in [1.807, 2.05) is 32.0 Å². The van der Waals surface area contributed by atoms with Gasteiger partial charge in [0.1, 0.15) is 0 Å². The Bertz CT molecular complexity index is 1210. The number of sulfone groups is 1. The van der Waals surface area contributed by atoms with Crippen LogP contribution in [-0.2, 0) is 9.84 Å². The quantitative estimate of drug-likeness (QED) is 0.659. The minimum absolute atomic E-state index is 0.131. The van der Waals surface area contributed by atoms with Gasteiger partial charge in [0.05, 0.1) is 39.4 Å². The zero-order valence-electron chi connectivity index (χ0n) is 15.5. The molecule has 0 aliphatic carbocycles. The summed E-state index contributed by atoms with van der Waals surface area (Å²) in [5.41, 5.74) is 2.92. The van der Waals surface area contributed by atoms with E-state index in [4.69, 9.17) is 0 Å². The highest BCUT2D eigenvalue weighted by atomic mass is 32.2. The highest BCUT2D eigenvalue weighted by molar-refractivity contribution is 8.01. The molecule has 0 radical (unpaired) electrons. The Morgan fingerprint density at radius 1 is 1.07 bits per heavy atom. The molecule has 1 aromatic heterocycles. The van der Waals surface area contributed by atoms with Crippen LogP contribution in [0.5, 0.6) is 0 Å². The summed E-state index contributed by atoms with van der Waals surface area (Å²) in [4.78, 5) is 18.0. The zero-order chi connectivity index (χ0) is 20.1. The molecule has 8 heteroatoms. The maximum atomic E-state index is 13.4. The number of aliphatic hydroxyl groups is 1. The van der Waals surface area contributed by atoms with Crippen LogP contribution in [0.25, 0.3) is 16.6 Å². The standard InChI is InChI=1S/C20H20N2O4S2/c1-12-6-5-7-13(2)18(12)22-19(24)14-8-3-4-9-15(14)21-20(22)27-17-11-28(25,26)10-16(17)23/h3-9,16-17,23H,10-11H2,1-2H3/t16-,17+/m1/s1. The molecule has 0 amide bonds. The number of rotatable bonds is 3. The molecule has 6 nitrogen and oxygen atoms in total. The molecule has 0 saturated carbocycles. The normalized spacial score (nSPS) is 21.2. The summed E-state index contributed by atoms with van der Waals surface area (Å²) >= 11 is 1.15. The Labute approximate surface area is 167 Å². The molecule has 0 unspecified atom stereocenters. The molecule has 4 rings (SSSR count). The van der Waals surface area contributed by atoms with E-state index in [1.54, 1.807) is 28.8 Å². The lowest BCUT2D eigenvalue weighted by molar-refractivity contribution is 0.207. The van der Waals surface area contributed by atoms with Crippen LogP contribution in [0.15, 0.2) is 52.4 Å². The molecular weight excluding hydrogens is 396 g/mol. The number of hydrogen-bond donors (Lipinski definition) is 1. The summed E-state index contributed by atoms with van der Waals surface area (Å²) in [6.45, 7) is 3.85. The second kappa shape index (κ2) is 7.02. The Hall–Kier alpha value is -2.16. The first-order valence-electron chi connectivity index (χ1n) is 8.90. The molecule has 2 heterocycles. The van der Waals surface area contributed by atoms with Crippen molar-refractivity contribution in [2.24, 2.45) is 0 Å². The fourth-order valence-corrected chi connectivity index (χ4v) is 7.17. The average molecular weight is 417 g/mol. The second-order valence-corrected chi connectivity index (χ2v) is 10.5. The van der Waals surface area contributed by atoms with E-state index < -0.39 is 21.2 Å². The summed E-state index contributed by atoms with van der Waals surface area (Å²) in [6, 6.07) is 12.9. The van der Waals surface area contributed by atoms with Crippen LogP contribution in [-0.4, -0.2) is 45.9 Å². The number of benzene rings is 2. The van der Waals surface area contributed by atoms with Crippen molar-refractivity contribution in [2.45, 2.75) is 30.4 Å². The van der Waals surface area contributed by atoms with Gasteiger partial charge in [-0.25, -0.2) is 13.4 Å². The zero-order valence-corrected chi connectivity index (χ0v) is 17.1. The number of fused-ring (bicyclic) bond motifs is 1. The van der Waals surface area contributed by atoms with E-state index in [9.17, 15) is 18.3 Å². The summed E-state index contributed by atoms with van der Waals surface area (Å²) in [6.07, 6.45) is -0.982. The number of para-hydroxylation sites is 2. The van der Waals surface area contributed by atoms with Crippen LogP contribution in [0.4, 0.5) is 0 Å². The molecule has 1 aliphatic rings. The third-order valence-electron chi connectivity index (χ3n) is 4.94. The van der Waals surface area contributed by atoms with Crippen molar-refractivity contribution < 1.29 is 13.5 Å². The van der Waals surface area contributed by atoms with Gasteiger partial charge in [-0.15, -0.1) is 0 Å². The lowest BCUT2D eigenvalue weighted by Gasteiger charge is -2.19. The maximum Gasteiger partial charge on any atom is 0.266 e. The third kappa shape index (κ3) is 3.36. The lowest BCUT2D eigenvalue weighted by Crippen LogP contribution is -2.26. The SMILES string of the molecule is Cc1cccc(C)c1-n1c(S[C@H]2CS(=O)(=O)C[C@H]2O)nc2ccccc2c1=O. The highest BCUT2D eigenvalue weighted by Gasteiger charge is 2.38. The van der Waals surface area contributed by atoms with Crippen molar-refractivity contribution in [1.82, 2.24) is 9.55 Å². The highest BCUT2D eigenvalue weighted by Crippen LogP contribution is 2.32. The molecule has 0 spiro atoms. The smallest absolute Gasteiger partial charge is 0.266 e. The third-order valence-corrected chi connectivity index (χ3v) is 8.13. The van der Waals surface area contributed by atoms with Gasteiger partial charge in [0, 0.05) is 0 Å². The van der Waals surface area contributed by atoms with Gasteiger partial charge in [0.2, 0.25) is 0 Å². The minimum atomic E-state index is -3.30. The van der Waals surface area contributed by atoms with Gasteiger partial charge in [-0.3, -0.25) is 9.36 Å². The van der Waals surface area contributed by atoms with E-state index in [2.05, 4.69) is 4.98 Å². The molecule has 1 N–H and O–H groups in total. The summed E-state index contributed by atoms with van der Waals surface area (Å²) in [5, 5.41) is 10.5. The average Bonchev–Trinajstić information content (AvgIpc) is 2.89. The summed E-state index contributed by atoms with van der Waals surface area (Å²) in [7, 11) is -3.30. The first-order valence-corrected chi connectivity index (χ1v) is 11.6. The number of aliphatic hydroxyl groups excluding tert-OH is 1. The van der Waals surface area contributed by atoms with Gasteiger partial charge in [-0.2, -0.15) is 0 Å². The van der Waals surface area contributed by atoms with Crippen molar-refractivity contribution in [1.29, 1.82) is 0 Å². The molecule has 28 heavy (non-hydrogen) atoms. The number of thioether (sulfide) groups is 1. The number of hydrogen-bond acceptors (Lipinski definition) is 6. The van der Waals surface area contributed by atoms with Crippen molar-refractivity contribution in [3.8, 4) is 5.69 Å². The van der Waals surface area contributed by atoms with Gasteiger partial charge in [-0.1, -0.05) is 42.1 Å². The number of aryl methyl sites for hydroxylation is 2. The Morgan fingerprint density at radius 3 is 2.39 bits per heavy atom. The molecule has 0 bridgehead atoms. The maximum absolute atomic E-state index is 13.4. The molecule has 2 atom stereocenters. The van der Waals surface area contributed by atoms with Crippen LogP contribution < -0.4 is 5.56 Å². The number of nitrogens with zero attached hydrogens (tertiary/aromatic N) is 2. The van der Waals surface area contributed by atoms with Crippen LogP contribution in [0, 0.1) is 13.8 Å². The van der Waals surface area contributed by atoms with Gasteiger partial charge in [0.25, 0.3) is 5.56 Å². The van der Waals surface area contributed by atoms with Crippen LogP contribution in [0.3, 0.4) is 0 Å². The molecule has 1 aliphatic heterocycles. The molecular formula is C20H20N2O4S2. The predicted octanol–water partition coefficient (Wildman–Crippen LogP) is 2.25. The molecule has 146 valence electrons. The van der Waals surface area contributed by atoms with Crippen LogP contribution >= 0.6 is 11.8 Å². The van der Waals surface area contributed by atoms with E-state index >= 15 is 0 Å². The lowest BCUT2D eigenvalue weighted by atomic mass is 10.1. The molecule has 2 aromatic carbocycles. The van der Waals surface area contributed by atoms with E-state index in [1.165, 1.54) is 0 Å². The Kier molecular flexibility index (Phi) is 4.81. The second-order valence-electron chi connectivity index (χ2n) is 7.09. The van der Waals surface area contributed by atoms with Crippen molar-refractivity contribution in [2.75, 3.05) is 11.5 Å². The van der Waals surface area contributed by atoms with Gasteiger partial charge in [0.15, 0.2) is 15.0 Å². The van der Waals surface area contributed by atoms with Gasteiger partial charge < -0.3 is 5.11 Å². The topological polar surface area (TPSA) is 89.3 Å². The summed E-state index contributed by atoms with van der Waals surface area (Å²) < 4.78 is 25.4. The van der Waals surface area contributed by atoms with Crippen molar-refractivity contribution >= 4 is 32.5 Å². The van der Waals surface area contributed by atoms with Gasteiger partial charge in [-0.05, 0) is 37.1 Å². The Morgan fingerprint density at radius 2 is 1.75 bits per heavy atom. The van der Waals surface area contributed by atoms with E-state index in [-0.39, 0.29) is 17.1 Å². The van der Waals surface area contributed by atoms with Gasteiger partial charge >= 0.3 is 0 Å². The van der Waals surface area contributed by atoms with Crippen molar-refractivity contribution in [3.63, 3.8) is 0 Å². The largest absolute Gasteiger partial charge is 0.391 e. The fourth-order valence-electron chi connectivity index (χ4n) is 3.59. The fraction of sp³-hybridized carbons (Fsp3) is 0.300. The first-order chi connectivity index (χ1) is 13.3.